The molecule has 0 radical (unpaired) electrons. The number of benzene rings is 2. The van der Waals surface area contributed by atoms with Gasteiger partial charge >= 0.3 is 5.97 Å². The fourth-order valence-corrected chi connectivity index (χ4v) is 3.79. The molecule has 2 aromatic carbocycles. The second kappa shape index (κ2) is 7.89. The van der Waals surface area contributed by atoms with Gasteiger partial charge in [-0.25, -0.2) is 18.2 Å². The molecule has 0 N–H and O–H groups in total. The Labute approximate surface area is 161 Å². The van der Waals surface area contributed by atoms with Gasteiger partial charge in [0, 0.05) is 17.2 Å². The molecule has 1 aromatic heterocycles. The van der Waals surface area contributed by atoms with Crippen LogP contribution in [0.4, 0.5) is 0 Å². The maximum absolute atomic E-state index is 11.6. The van der Waals surface area contributed by atoms with Gasteiger partial charge in [0.15, 0.2) is 9.84 Å². The number of hydrogen-bond acceptors (Lipinski definition) is 7. The lowest BCUT2D eigenvalue weighted by atomic mass is 10.1. The van der Waals surface area contributed by atoms with Gasteiger partial charge in [0.05, 0.1) is 23.3 Å². The monoisotopic (exact) mass is 403 g/mol. The molecule has 1 heterocycles. The van der Waals surface area contributed by atoms with Crippen LogP contribution in [0.3, 0.4) is 0 Å². The summed E-state index contributed by atoms with van der Waals surface area (Å²) in [5.41, 5.74) is 2.10. The summed E-state index contributed by atoms with van der Waals surface area (Å²) in [4.78, 5) is 16.2. The first-order chi connectivity index (χ1) is 12.9. The van der Waals surface area contributed by atoms with Crippen LogP contribution in [0.25, 0.3) is 10.6 Å². The molecule has 0 aliphatic heterocycles. The summed E-state index contributed by atoms with van der Waals surface area (Å²) in [5.74, 6) is 0.0843. The predicted molar refractivity (Wildman–Crippen MR) is 103 cm³/mol. The zero-order valence-electron chi connectivity index (χ0n) is 14.7. The van der Waals surface area contributed by atoms with Gasteiger partial charge in [-0.3, -0.25) is 0 Å². The number of aromatic nitrogens is 1. The highest BCUT2D eigenvalue weighted by molar-refractivity contribution is 7.90. The third-order valence-corrected chi connectivity index (χ3v) is 5.78. The number of sulfone groups is 1. The van der Waals surface area contributed by atoms with Crippen molar-refractivity contribution in [2.24, 2.45) is 0 Å². The third-order valence-electron chi connectivity index (χ3n) is 3.73. The van der Waals surface area contributed by atoms with Crippen LogP contribution in [0.2, 0.25) is 0 Å². The van der Waals surface area contributed by atoms with Crippen molar-refractivity contribution < 1.29 is 22.7 Å². The molecule has 0 amide bonds. The molecule has 0 saturated carbocycles. The first-order valence-corrected chi connectivity index (χ1v) is 10.7. The molecule has 6 nitrogen and oxygen atoms in total. The Balaban J connectivity index is 1.69. The first-order valence-electron chi connectivity index (χ1n) is 7.93. The minimum absolute atomic E-state index is 0.213. The maximum atomic E-state index is 11.6. The lowest BCUT2D eigenvalue weighted by molar-refractivity contribution is 0.0600. The normalized spacial score (nSPS) is 11.2. The van der Waals surface area contributed by atoms with Gasteiger partial charge in [-0.1, -0.05) is 18.2 Å². The Hall–Kier alpha value is -2.71. The molecular formula is C19H17NO5S2. The van der Waals surface area contributed by atoms with Crippen molar-refractivity contribution in [3.05, 3.63) is 65.2 Å². The maximum Gasteiger partial charge on any atom is 0.337 e. The molecule has 0 unspecified atom stereocenters. The number of esters is 1. The highest BCUT2D eigenvalue weighted by Crippen LogP contribution is 2.25. The van der Waals surface area contributed by atoms with Gasteiger partial charge in [0.1, 0.15) is 17.4 Å². The number of rotatable bonds is 6. The van der Waals surface area contributed by atoms with Crippen LogP contribution < -0.4 is 4.74 Å². The molecule has 0 bridgehead atoms. The second-order valence-corrected chi connectivity index (χ2v) is 8.62. The quantitative estimate of drug-likeness (QED) is 0.585. The average Bonchev–Trinajstić information content (AvgIpc) is 3.14. The van der Waals surface area contributed by atoms with Crippen LogP contribution >= 0.6 is 11.3 Å². The van der Waals surface area contributed by atoms with Gasteiger partial charge in [-0.15, -0.1) is 11.3 Å². The van der Waals surface area contributed by atoms with Crippen molar-refractivity contribution in [1.29, 1.82) is 0 Å². The van der Waals surface area contributed by atoms with Crippen LogP contribution in [-0.2, 0) is 21.2 Å². The van der Waals surface area contributed by atoms with E-state index in [1.54, 1.807) is 24.3 Å². The fraction of sp³-hybridized carbons (Fsp3) is 0.158. The molecule has 0 saturated heterocycles. The summed E-state index contributed by atoms with van der Waals surface area (Å²) in [6.07, 6.45) is 1.16. The third kappa shape index (κ3) is 4.72. The van der Waals surface area contributed by atoms with Gasteiger partial charge in [-0.05, 0) is 30.3 Å². The number of carbonyl (C=O) groups is 1. The van der Waals surface area contributed by atoms with Gasteiger partial charge in [-0.2, -0.15) is 0 Å². The molecule has 140 valence electrons. The Kier molecular flexibility index (Phi) is 5.57. The van der Waals surface area contributed by atoms with Gasteiger partial charge in [0.25, 0.3) is 0 Å². The number of ether oxygens (including phenoxy) is 2. The molecule has 0 spiro atoms. The van der Waals surface area contributed by atoms with Gasteiger partial charge < -0.3 is 9.47 Å². The van der Waals surface area contributed by atoms with E-state index in [-0.39, 0.29) is 17.5 Å². The van der Waals surface area contributed by atoms with Crippen LogP contribution in [-0.4, -0.2) is 32.7 Å². The van der Waals surface area contributed by atoms with Crippen LogP contribution in [0, 0.1) is 0 Å². The molecule has 0 aliphatic carbocycles. The number of nitrogens with zero attached hydrogens (tertiary/aromatic N) is 1. The summed E-state index contributed by atoms with van der Waals surface area (Å²) >= 11 is 1.46. The summed E-state index contributed by atoms with van der Waals surface area (Å²) < 4.78 is 33.6. The number of methoxy groups -OCH3 is 1. The first kappa shape index (κ1) is 19.1. The Morgan fingerprint density at radius 3 is 2.56 bits per heavy atom. The van der Waals surface area contributed by atoms with E-state index in [1.807, 2.05) is 17.5 Å². The van der Waals surface area contributed by atoms with Crippen LogP contribution in [0.15, 0.2) is 58.8 Å². The average molecular weight is 403 g/mol. The molecular weight excluding hydrogens is 386 g/mol. The molecule has 3 rings (SSSR count). The molecule has 0 aliphatic rings. The van der Waals surface area contributed by atoms with Gasteiger partial charge in [0.2, 0.25) is 0 Å². The Morgan fingerprint density at radius 2 is 1.89 bits per heavy atom. The highest BCUT2D eigenvalue weighted by atomic mass is 32.2. The molecule has 3 aromatic rings. The molecule has 0 atom stereocenters. The van der Waals surface area contributed by atoms with Crippen molar-refractivity contribution in [2.75, 3.05) is 13.4 Å². The summed E-state index contributed by atoms with van der Waals surface area (Å²) in [7, 11) is -1.94. The standard InChI is InChI=1S/C19H17NO5S2/c1-24-19(21)14-8-6-13(7-9-14)18-20-15(12-26-18)11-25-16-4-3-5-17(10-16)27(2,22)23/h3-10,12H,11H2,1-2H3. The predicted octanol–water partition coefficient (Wildman–Crippen LogP) is 3.58. The van der Waals surface area contributed by atoms with E-state index in [0.29, 0.717) is 11.3 Å². The zero-order valence-corrected chi connectivity index (χ0v) is 16.3. The van der Waals surface area contributed by atoms with Crippen molar-refractivity contribution >= 4 is 27.1 Å². The van der Waals surface area contributed by atoms with E-state index < -0.39 is 9.84 Å². The lowest BCUT2D eigenvalue weighted by Crippen LogP contribution is -2.00. The highest BCUT2D eigenvalue weighted by Gasteiger charge is 2.10. The van der Waals surface area contributed by atoms with Crippen molar-refractivity contribution in [1.82, 2.24) is 4.98 Å². The zero-order chi connectivity index (χ0) is 19.4. The van der Waals surface area contributed by atoms with E-state index in [1.165, 1.54) is 30.6 Å². The van der Waals surface area contributed by atoms with Crippen LogP contribution in [0.1, 0.15) is 16.1 Å². The van der Waals surface area contributed by atoms with Crippen molar-refractivity contribution in [3.63, 3.8) is 0 Å². The van der Waals surface area contributed by atoms with Crippen molar-refractivity contribution in [3.8, 4) is 16.3 Å². The smallest absolute Gasteiger partial charge is 0.337 e. The topological polar surface area (TPSA) is 82.6 Å². The largest absolute Gasteiger partial charge is 0.487 e. The summed E-state index contributed by atoms with van der Waals surface area (Å²) in [6, 6.07) is 13.4. The van der Waals surface area contributed by atoms with Crippen LogP contribution in [0.5, 0.6) is 5.75 Å². The number of carbonyl (C=O) groups excluding carboxylic acids is 1. The second-order valence-electron chi connectivity index (χ2n) is 5.75. The minimum atomic E-state index is -3.28. The van der Waals surface area contributed by atoms with E-state index in [0.717, 1.165) is 22.5 Å². The molecule has 8 heteroatoms. The molecule has 27 heavy (non-hydrogen) atoms. The fourth-order valence-electron chi connectivity index (χ4n) is 2.32. The lowest BCUT2D eigenvalue weighted by Gasteiger charge is -2.06. The molecule has 0 fully saturated rings. The Morgan fingerprint density at radius 1 is 1.15 bits per heavy atom. The number of thiazole rings is 1. The van der Waals surface area contributed by atoms with E-state index in [2.05, 4.69) is 9.72 Å². The minimum Gasteiger partial charge on any atom is -0.487 e. The summed E-state index contributed by atoms with van der Waals surface area (Å²) in [5, 5.41) is 2.68. The van der Waals surface area contributed by atoms with Crippen molar-refractivity contribution in [2.45, 2.75) is 11.5 Å². The summed E-state index contributed by atoms with van der Waals surface area (Å²) in [6.45, 7) is 0.226. The number of hydrogen-bond donors (Lipinski definition) is 0. The Bertz CT molecular complexity index is 1060. The van der Waals surface area contributed by atoms with E-state index in [4.69, 9.17) is 4.74 Å². The SMILES string of the molecule is COC(=O)c1ccc(-c2nc(COc3cccc(S(C)(=O)=O)c3)cs2)cc1. The van der Waals surface area contributed by atoms with E-state index in [9.17, 15) is 13.2 Å². The van der Waals surface area contributed by atoms with E-state index >= 15 is 0 Å².